The summed E-state index contributed by atoms with van der Waals surface area (Å²) < 4.78 is 0. The van der Waals surface area contributed by atoms with Gasteiger partial charge in [-0.05, 0) is 49.9 Å². The summed E-state index contributed by atoms with van der Waals surface area (Å²) in [5.74, 6) is 0.631. The summed E-state index contributed by atoms with van der Waals surface area (Å²) in [5.41, 5.74) is 0.477. The minimum Gasteiger partial charge on any atom is -0.396 e. The highest BCUT2D eigenvalue weighted by Gasteiger charge is 2.42. The summed E-state index contributed by atoms with van der Waals surface area (Å²) in [7, 11) is 0. The van der Waals surface area contributed by atoms with E-state index in [-0.39, 0.29) is 18.1 Å². The third-order valence-corrected chi connectivity index (χ3v) is 4.93. The van der Waals surface area contributed by atoms with Crippen LogP contribution in [0.1, 0.15) is 52.4 Å². The topological polar surface area (TPSA) is 61.4 Å². The molecule has 2 aliphatic carbocycles. The van der Waals surface area contributed by atoms with Gasteiger partial charge in [0.15, 0.2) is 0 Å². The number of nitrogens with one attached hydrogen (secondary N) is 2. The summed E-state index contributed by atoms with van der Waals surface area (Å²) >= 11 is 0. The van der Waals surface area contributed by atoms with E-state index in [1.54, 1.807) is 0 Å². The van der Waals surface area contributed by atoms with Crippen molar-refractivity contribution in [1.29, 1.82) is 0 Å². The number of hydrogen-bond donors (Lipinski definition) is 3. The summed E-state index contributed by atoms with van der Waals surface area (Å²) in [6.45, 7) is 6.23. The zero-order valence-electron chi connectivity index (χ0n) is 12.3. The fraction of sp³-hybridized carbons (Fsp3) is 0.933. The monoisotopic (exact) mass is 268 g/mol. The van der Waals surface area contributed by atoms with Crippen LogP contribution in [0.4, 0.5) is 4.79 Å². The fourth-order valence-corrected chi connectivity index (χ4v) is 2.80. The average molecular weight is 268 g/mol. The van der Waals surface area contributed by atoms with Crippen molar-refractivity contribution in [1.82, 2.24) is 10.6 Å². The molecule has 0 saturated heterocycles. The lowest BCUT2D eigenvalue weighted by Crippen LogP contribution is -2.42. The van der Waals surface area contributed by atoms with Gasteiger partial charge < -0.3 is 15.7 Å². The van der Waals surface area contributed by atoms with E-state index in [9.17, 15) is 9.90 Å². The van der Waals surface area contributed by atoms with Crippen LogP contribution in [0.2, 0.25) is 0 Å². The smallest absolute Gasteiger partial charge is 0.314 e. The van der Waals surface area contributed by atoms with Crippen molar-refractivity contribution in [2.24, 2.45) is 16.7 Å². The molecule has 2 amide bonds. The van der Waals surface area contributed by atoms with Gasteiger partial charge in [0.1, 0.15) is 0 Å². The average Bonchev–Trinajstić information content (AvgIpc) is 3.16. The third kappa shape index (κ3) is 4.37. The van der Waals surface area contributed by atoms with Crippen LogP contribution in [0.5, 0.6) is 0 Å². The maximum atomic E-state index is 11.7. The fourth-order valence-electron chi connectivity index (χ4n) is 2.80. The number of rotatable bonds is 5. The van der Waals surface area contributed by atoms with Crippen LogP contribution in [0.3, 0.4) is 0 Å². The molecule has 110 valence electrons. The van der Waals surface area contributed by atoms with E-state index in [0.29, 0.717) is 17.9 Å². The number of amides is 2. The molecule has 0 atom stereocenters. The van der Waals surface area contributed by atoms with Gasteiger partial charge in [0, 0.05) is 18.5 Å². The first-order valence-corrected chi connectivity index (χ1v) is 7.57. The van der Waals surface area contributed by atoms with Crippen LogP contribution in [-0.4, -0.2) is 30.8 Å². The first kappa shape index (κ1) is 14.6. The molecule has 0 heterocycles. The van der Waals surface area contributed by atoms with Crippen molar-refractivity contribution in [2.45, 2.75) is 52.4 Å². The zero-order valence-corrected chi connectivity index (χ0v) is 12.3. The normalized spacial score (nSPS) is 24.8. The predicted molar refractivity (Wildman–Crippen MR) is 75.9 cm³/mol. The van der Waals surface area contributed by atoms with E-state index in [1.807, 2.05) is 0 Å². The van der Waals surface area contributed by atoms with Gasteiger partial charge in [0.25, 0.3) is 0 Å². The molecule has 4 nitrogen and oxygen atoms in total. The first-order chi connectivity index (χ1) is 8.95. The summed E-state index contributed by atoms with van der Waals surface area (Å²) in [4.78, 5) is 11.7. The summed E-state index contributed by atoms with van der Waals surface area (Å²) in [5, 5.41) is 15.0. The molecule has 3 N–H and O–H groups in total. The standard InChI is InChI=1S/C15H28N2O2/c1-14(2)5-3-12(4-6-14)9-16-13(19)17-10-15(11-18)7-8-15/h12,18H,3-11H2,1-2H3,(H2,16,17,19). The minimum atomic E-state index is -0.0791. The van der Waals surface area contributed by atoms with Crippen LogP contribution in [0.25, 0.3) is 0 Å². The van der Waals surface area contributed by atoms with Crippen LogP contribution in [0, 0.1) is 16.7 Å². The Kier molecular flexibility index (Phi) is 4.39. The van der Waals surface area contributed by atoms with Gasteiger partial charge in [-0.25, -0.2) is 4.79 Å². The number of carbonyl (C=O) groups is 1. The Labute approximate surface area is 116 Å². The first-order valence-electron chi connectivity index (χ1n) is 7.57. The highest BCUT2D eigenvalue weighted by Crippen LogP contribution is 2.44. The van der Waals surface area contributed by atoms with E-state index >= 15 is 0 Å². The lowest BCUT2D eigenvalue weighted by Gasteiger charge is -2.34. The highest BCUT2D eigenvalue weighted by molar-refractivity contribution is 5.73. The Morgan fingerprint density at radius 3 is 2.32 bits per heavy atom. The Bertz CT molecular complexity index is 314. The van der Waals surface area contributed by atoms with Gasteiger partial charge in [0.05, 0.1) is 6.61 Å². The largest absolute Gasteiger partial charge is 0.396 e. The number of urea groups is 1. The van der Waals surface area contributed by atoms with Crippen molar-refractivity contribution in [3.05, 3.63) is 0 Å². The van der Waals surface area contributed by atoms with E-state index in [0.717, 1.165) is 19.4 Å². The van der Waals surface area contributed by atoms with Crippen LogP contribution < -0.4 is 10.6 Å². The lowest BCUT2D eigenvalue weighted by molar-refractivity contribution is 0.185. The molecule has 2 fully saturated rings. The molecule has 19 heavy (non-hydrogen) atoms. The van der Waals surface area contributed by atoms with Gasteiger partial charge in [-0.2, -0.15) is 0 Å². The number of carbonyl (C=O) groups excluding carboxylic acids is 1. The van der Waals surface area contributed by atoms with Crippen molar-refractivity contribution >= 4 is 6.03 Å². The van der Waals surface area contributed by atoms with E-state index < -0.39 is 0 Å². The molecule has 0 spiro atoms. The van der Waals surface area contributed by atoms with Crippen molar-refractivity contribution < 1.29 is 9.90 Å². The maximum absolute atomic E-state index is 11.7. The second-order valence-corrected chi connectivity index (χ2v) is 7.33. The second kappa shape index (κ2) is 5.70. The minimum absolute atomic E-state index is 0.00774. The van der Waals surface area contributed by atoms with E-state index in [2.05, 4.69) is 24.5 Å². The lowest BCUT2D eigenvalue weighted by atomic mass is 9.73. The number of hydrogen-bond acceptors (Lipinski definition) is 2. The van der Waals surface area contributed by atoms with Crippen LogP contribution in [-0.2, 0) is 0 Å². The molecule has 2 saturated carbocycles. The van der Waals surface area contributed by atoms with Gasteiger partial charge in [0.2, 0.25) is 0 Å². The molecule has 0 unspecified atom stereocenters. The molecule has 0 aromatic carbocycles. The Morgan fingerprint density at radius 1 is 1.16 bits per heavy atom. The Morgan fingerprint density at radius 2 is 1.79 bits per heavy atom. The van der Waals surface area contributed by atoms with E-state index in [4.69, 9.17) is 0 Å². The molecule has 0 aromatic rings. The maximum Gasteiger partial charge on any atom is 0.314 e. The number of aliphatic hydroxyl groups excluding tert-OH is 1. The van der Waals surface area contributed by atoms with Gasteiger partial charge >= 0.3 is 6.03 Å². The number of aliphatic hydroxyl groups is 1. The third-order valence-electron chi connectivity index (χ3n) is 4.93. The van der Waals surface area contributed by atoms with E-state index in [1.165, 1.54) is 25.7 Å². The molecule has 2 rings (SSSR count). The quantitative estimate of drug-likeness (QED) is 0.716. The molecular formula is C15H28N2O2. The molecule has 4 heteroatoms. The Balaban J connectivity index is 1.59. The molecule has 0 aliphatic heterocycles. The van der Waals surface area contributed by atoms with Gasteiger partial charge in [-0.15, -0.1) is 0 Å². The highest BCUT2D eigenvalue weighted by atomic mass is 16.3. The SMILES string of the molecule is CC1(C)CCC(CNC(=O)NCC2(CO)CC2)CC1. The van der Waals surface area contributed by atoms with Crippen molar-refractivity contribution in [3.63, 3.8) is 0 Å². The second-order valence-electron chi connectivity index (χ2n) is 7.33. The molecule has 0 radical (unpaired) electrons. The summed E-state index contributed by atoms with van der Waals surface area (Å²) in [6.07, 6.45) is 7.01. The van der Waals surface area contributed by atoms with Gasteiger partial charge in [-0.3, -0.25) is 0 Å². The van der Waals surface area contributed by atoms with Crippen LogP contribution >= 0.6 is 0 Å². The van der Waals surface area contributed by atoms with Gasteiger partial charge in [-0.1, -0.05) is 13.8 Å². The van der Waals surface area contributed by atoms with Crippen molar-refractivity contribution in [3.8, 4) is 0 Å². The molecular weight excluding hydrogens is 240 g/mol. The molecule has 2 aliphatic rings. The van der Waals surface area contributed by atoms with Crippen molar-refractivity contribution in [2.75, 3.05) is 19.7 Å². The molecule has 0 bridgehead atoms. The summed E-state index contributed by atoms with van der Waals surface area (Å²) in [6, 6.07) is -0.0791. The molecule has 0 aromatic heterocycles. The Hall–Kier alpha value is -0.770. The predicted octanol–water partition coefficient (Wildman–Crippen LogP) is 2.27. The zero-order chi connectivity index (χ0) is 13.9. The van der Waals surface area contributed by atoms with Crippen LogP contribution in [0.15, 0.2) is 0 Å².